The van der Waals surface area contributed by atoms with Gasteiger partial charge in [0.2, 0.25) is 5.71 Å². The van der Waals surface area contributed by atoms with Gasteiger partial charge in [-0.15, -0.1) is 0 Å². The molecule has 4 rings (SSSR count). The van der Waals surface area contributed by atoms with Crippen LogP contribution in [0.25, 0.3) is 22.1 Å². The Kier molecular flexibility index (Phi) is 3.64. The van der Waals surface area contributed by atoms with Gasteiger partial charge in [0, 0.05) is 28.8 Å². The van der Waals surface area contributed by atoms with Crippen molar-refractivity contribution in [2.45, 2.75) is 39.0 Å². The molecule has 1 atom stereocenters. The maximum atomic E-state index is 5.97. The fourth-order valence-corrected chi connectivity index (χ4v) is 3.10. The van der Waals surface area contributed by atoms with Crippen LogP contribution in [0, 0.1) is 0 Å². The lowest BCUT2D eigenvalue weighted by Gasteiger charge is -2.08. The Morgan fingerprint density at radius 1 is 0.917 bits per heavy atom. The van der Waals surface area contributed by atoms with E-state index in [1.165, 1.54) is 10.9 Å². The summed E-state index contributed by atoms with van der Waals surface area (Å²) in [4.78, 5) is 4.27. The number of benzene rings is 1. The fraction of sp³-hybridized carbons (Fsp3) is 0.286. The van der Waals surface area contributed by atoms with Crippen LogP contribution in [-0.2, 0) is 6.42 Å². The van der Waals surface area contributed by atoms with Crippen molar-refractivity contribution >= 4 is 22.1 Å². The Morgan fingerprint density at radius 3 is 2.54 bits per heavy atom. The molecule has 24 heavy (non-hydrogen) atoms. The lowest BCUT2D eigenvalue weighted by atomic mass is 9.98. The Bertz CT molecular complexity index is 960. The summed E-state index contributed by atoms with van der Waals surface area (Å²) in [6, 6.07) is 14.7. The average Bonchev–Trinajstić information content (AvgIpc) is 3.18. The van der Waals surface area contributed by atoms with E-state index in [1.807, 2.05) is 12.1 Å². The molecule has 0 fully saturated rings. The third kappa shape index (κ3) is 2.71. The number of aromatic nitrogens is 1. The van der Waals surface area contributed by atoms with E-state index in [2.05, 4.69) is 56.1 Å². The van der Waals surface area contributed by atoms with Gasteiger partial charge in [-0.3, -0.25) is 0 Å². The quantitative estimate of drug-likeness (QED) is 0.460. The topological polar surface area (TPSA) is 39.2 Å². The monoisotopic (exact) mass is 319 g/mol. The van der Waals surface area contributed by atoms with Crippen molar-refractivity contribution in [1.29, 1.82) is 0 Å². The Labute approximate surface area is 141 Å². The van der Waals surface area contributed by atoms with Gasteiger partial charge in [0.25, 0.3) is 0 Å². The summed E-state index contributed by atoms with van der Waals surface area (Å²) in [6.45, 7) is 6.48. The van der Waals surface area contributed by atoms with Gasteiger partial charge in [-0.1, -0.05) is 32.9 Å². The van der Waals surface area contributed by atoms with Gasteiger partial charge in [0.1, 0.15) is 17.1 Å². The van der Waals surface area contributed by atoms with E-state index in [9.17, 15) is 0 Å². The molecule has 0 saturated heterocycles. The zero-order valence-corrected chi connectivity index (χ0v) is 14.2. The van der Waals surface area contributed by atoms with Crippen molar-refractivity contribution in [3.8, 4) is 0 Å². The molecule has 0 spiro atoms. The first-order chi connectivity index (χ1) is 11.6. The van der Waals surface area contributed by atoms with Crippen molar-refractivity contribution in [1.82, 2.24) is 4.98 Å². The minimum absolute atomic E-state index is 0.288. The predicted octanol–water partition coefficient (Wildman–Crippen LogP) is 6.04. The second-order valence-corrected chi connectivity index (χ2v) is 6.83. The van der Waals surface area contributed by atoms with E-state index >= 15 is 0 Å². The largest absolute Gasteiger partial charge is 0.461 e. The summed E-state index contributed by atoms with van der Waals surface area (Å²) in [6.07, 6.45) is 2.67. The number of hydrogen-bond donors (Lipinski definition) is 0. The molecule has 0 amide bonds. The minimum atomic E-state index is 0.288. The Morgan fingerprint density at radius 2 is 1.75 bits per heavy atom. The summed E-state index contributed by atoms with van der Waals surface area (Å²) in [7, 11) is 0. The molecule has 0 aliphatic carbocycles. The first-order valence-corrected chi connectivity index (χ1v) is 8.47. The fourth-order valence-electron chi connectivity index (χ4n) is 3.10. The third-order valence-corrected chi connectivity index (χ3v) is 4.51. The number of rotatable bonds is 4. The highest BCUT2D eigenvalue weighted by atomic mass is 16.3. The van der Waals surface area contributed by atoms with E-state index in [1.54, 1.807) is 6.20 Å². The zero-order valence-electron chi connectivity index (χ0n) is 14.2. The molecule has 3 nitrogen and oxygen atoms in total. The summed E-state index contributed by atoms with van der Waals surface area (Å²) >= 11 is 0. The second-order valence-electron chi connectivity index (χ2n) is 6.83. The highest BCUT2D eigenvalue weighted by molar-refractivity contribution is 5.79. The van der Waals surface area contributed by atoms with Crippen LogP contribution >= 0.6 is 0 Å². The second kappa shape index (κ2) is 5.82. The number of furan rings is 2. The van der Waals surface area contributed by atoms with Gasteiger partial charge in [0.05, 0.1) is 0 Å². The highest BCUT2D eigenvalue weighted by Gasteiger charge is 2.14. The normalized spacial score (nSPS) is 13.2. The molecule has 3 aromatic heterocycles. The van der Waals surface area contributed by atoms with Gasteiger partial charge in [-0.25, -0.2) is 4.98 Å². The smallest absolute Gasteiger partial charge is 0.226 e. The molecular formula is C21H21NO2. The van der Waals surface area contributed by atoms with Gasteiger partial charge in [0.15, 0.2) is 0 Å². The van der Waals surface area contributed by atoms with E-state index in [0.29, 0.717) is 11.6 Å². The first-order valence-electron chi connectivity index (χ1n) is 8.47. The molecule has 0 N–H and O–H groups in total. The lowest BCUT2D eigenvalue weighted by molar-refractivity contribution is 0.497. The molecule has 1 aromatic carbocycles. The molecule has 0 aliphatic rings. The molecule has 0 radical (unpaired) electrons. The molecule has 122 valence electrons. The van der Waals surface area contributed by atoms with Crippen LogP contribution < -0.4 is 0 Å². The molecular weight excluding hydrogens is 298 g/mol. The van der Waals surface area contributed by atoms with Crippen LogP contribution in [0.5, 0.6) is 0 Å². The summed E-state index contributed by atoms with van der Waals surface area (Å²) in [5.41, 5.74) is 2.94. The van der Waals surface area contributed by atoms with Crippen LogP contribution in [-0.4, -0.2) is 4.98 Å². The van der Waals surface area contributed by atoms with Gasteiger partial charge in [-0.2, -0.15) is 0 Å². The molecule has 3 heteroatoms. The van der Waals surface area contributed by atoms with Gasteiger partial charge < -0.3 is 8.83 Å². The van der Waals surface area contributed by atoms with Crippen molar-refractivity contribution in [2.75, 3.05) is 0 Å². The molecule has 3 heterocycles. The average molecular weight is 319 g/mol. The zero-order chi connectivity index (χ0) is 16.7. The SMILES string of the molecule is CC(C)c1cc2ccc(CC(C)c3cc4cccnc4o3)cc2o1. The van der Waals surface area contributed by atoms with Crippen LogP contribution in [0.3, 0.4) is 0 Å². The third-order valence-electron chi connectivity index (χ3n) is 4.51. The summed E-state index contributed by atoms with van der Waals surface area (Å²) < 4.78 is 11.9. The summed E-state index contributed by atoms with van der Waals surface area (Å²) in [5, 5.41) is 2.23. The number of fused-ring (bicyclic) bond motifs is 2. The molecule has 0 aliphatic heterocycles. The minimum Gasteiger partial charge on any atom is -0.461 e. The van der Waals surface area contributed by atoms with Crippen LogP contribution in [0.1, 0.15) is 49.7 Å². The van der Waals surface area contributed by atoms with E-state index < -0.39 is 0 Å². The van der Waals surface area contributed by atoms with E-state index in [-0.39, 0.29) is 5.92 Å². The van der Waals surface area contributed by atoms with Crippen LogP contribution in [0.15, 0.2) is 57.5 Å². The molecule has 4 aromatic rings. The van der Waals surface area contributed by atoms with Crippen molar-refractivity contribution < 1.29 is 8.83 Å². The molecule has 0 saturated carbocycles. The van der Waals surface area contributed by atoms with Crippen LogP contribution in [0.2, 0.25) is 0 Å². The van der Waals surface area contributed by atoms with E-state index in [4.69, 9.17) is 8.83 Å². The number of hydrogen-bond acceptors (Lipinski definition) is 3. The van der Waals surface area contributed by atoms with E-state index in [0.717, 1.165) is 28.9 Å². The van der Waals surface area contributed by atoms with Crippen molar-refractivity contribution in [3.05, 3.63) is 65.7 Å². The van der Waals surface area contributed by atoms with Crippen LogP contribution in [0.4, 0.5) is 0 Å². The molecule has 0 bridgehead atoms. The summed E-state index contributed by atoms with van der Waals surface area (Å²) in [5.74, 6) is 2.71. The lowest BCUT2D eigenvalue weighted by Crippen LogP contribution is -1.96. The van der Waals surface area contributed by atoms with Crippen molar-refractivity contribution in [3.63, 3.8) is 0 Å². The highest BCUT2D eigenvalue weighted by Crippen LogP contribution is 2.29. The number of pyridine rings is 1. The Hall–Kier alpha value is -2.55. The predicted molar refractivity (Wildman–Crippen MR) is 96.4 cm³/mol. The van der Waals surface area contributed by atoms with Gasteiger partial charge in [-0.05, 0) is 42.3 Å². The standard InChI is InChI=1S/C21H21NO2/c1-13(2)18-11-16-7-6-15(10-20(16)23-18)9-14(3)19-12-17-5-4-8-22-21(17)24-19/h4-8,10-14H,9H2,1-3H3. The first kappa shape index (κ1) is 15.0. The molecule has 1 unspecified atom stereocenters. The maximum absolute atomic E-state index is 5.97. The Balaban J connectivity index is 1.60. The van der Waals surface area contributed by atoms with Crippen molar-refractivity contribution in [2.24, 2.45) is 0 Å². The number of nitrogens with zero attached hydrogens (tertiary/aromatic N) is 1. The maximum Gasteiger partial charge on any atom is 0.226 e. The van der Waals surface area contributed by atoms with Gasteiger partial charge >= 0.3 is 0 Å².